The third-order valence-corrected chi connectivity index (χ3v) is 5.58. The number of aromatic nitrogens is 1. The lowest BCUT2D eigenvalue weighted by Gasteiger charge is -2.35. The summed E-state index contributed by atoms with van der Waals surface area (Å²) < 4.78 is 14.5. The molecular formula is C23H19ClFN3O2. The number of amides is 2. The quantitative estimate of drug-likeness (QED) is 0.667. The molecular weight excluding hydrogens is 405 g/mol. The highest BCUT2D eigenvalue weighted by Crippen LogP contribution is 2.43. The first-order valence-electron chi connectivity index (χ1n) is 9.52. The maximum atomic E-state index is 14.5. The Labute approximate surface area is 178 Å². The van der Waals surface area contributed by atoms with Crippen molar-refractivity contribution in [3.63, 3.8) is 0 Å². The molecule has 2 atom stereocenters. The number of hydrogen-bond acceptors (Lipinski definition) is 3. The fourth-order valence-electron chi connectivity index (χ4n) is 4.08. The maximum absolute atomic E-state index is 14.5. The highest BCUT2D eigenvalue weighted by molar-refractivity contribution is 6.30. The molecule has 3 aromatic rings. The van der Waals surface area contributed by atoms with Crippen molar-refractivity contribution in [2.45, 2.75) is 24.9 Å². The number of pyridine rings is 1. The lowest BCUT2D eigenvalue weighted by atomic mass is 9.99. The minimum absolute atomic E-state index is 0.238. The molecule has 0 saturated carbocycles. The molecule has 7 heteroatoms. The van der Waals surface area contributed by atoms with Gasteiger partial charge in [0.1, 0.15) is 11.9 Å². The van der Waals surface area contributed by atoms with E-state index in [0.29, 0.717) is 35.1 Å². The van der Waals surface area contributed by atoms with E-state index in [9.17, 15) is 14.0 Å². The first kappa shape index (κ1) is 20.0. The van der Waals surface area contributed by atoms with Crippen LogP contribution in [0.3, 0.4) is 0 Å². The maximum Gasteiger partial charge on any atom is 0.255 e. The molecule has 5 nitrogen and oxygen atoms in total. The lowest BCUT2D eigenvalue weighted by molar-refractivity contribution is -0.123. The number of fused-ring (bicyclic) bond motifs is 1. The fourth-order valence-corrected chi connectivity index (χ4v) is 4.29. The minimum atomic E-state index is -1.07. The molecule has 1 aromatic heterocycles. The Morgan fingerprint density at radius 2 is 1.93 bits per heavy atom. The Morgan fingerprint density at radius 3 is 2.60 bits per heavy atom. The average molecular weight is 424 g/mol. The van der Waals surface area contributed by atoms with E-state index in [4.69, 9.17) is 17.3 Å². The summed E-state index contributed by atoms with van der Waals surface area (Å²) in [5.74, 6) is -1.48. The van der Waals surface area contributed by atoms with Crippen molar-refractivity contribution in [1.82, 2.24) is 9.88 Å². The van der Waals surface area contributed by atoms with Gasteiger partial charge in [0.2, 0.25) is 5.91 Å². The summed E-state index contributed by atoms with van der Waals surface area (Å²) in [5.41, 5.74) is 7.77. The normalized spacial score (nSPS) is 16.0. The number of rotatable bonds is 5. The van der Waals surface area contributed by atoms with E-state index in [-0.39, 0.29) is 10.9 Å². The van der Waals surface area contributed by atoms with Crippen molar-refractivity contribution >= 4 is 23.4 Å². The molecule has 1 heterocycles. The van der Waals surface area contributed by atoms with Crippen LogP contribution >= 0.6 is 11.6 Å². The van der Waals surface area contributed by atoms with Crippen molar-refractivity contribution in [3.05, 3.63) is 100 Å². The van der Waals surface area contributed by atoms with E-state index in [1.165, 1.54) is 17.2 Å². The van der Waals surface area contributed by atoms with E-state index < -0.39 is 23.8 Å². The number of nitrogens with two attached hydrogens (primary N) is 1. The van der Waals surface area contributed by atoms with Gasteiger partial charge in [0.05, 0.1) is 6.04 Å². The molecule has 2 N–H and O–H groups in total. The molecule has 0 aliphatic heterocycles. The first-order chi connectivity index (χ1) is 14.5. The number of benzene rings is 2. The van der Waals surface area contributed by atoms with Gasteiger partial charge in [-0.1, -0.05) is 35.9 Å². The molecule has 0 spiro atoms. The zero-order valence-corrected chi connectivity index (χ0v) is 16.7. The summed E-state index contributed by atoms with van der Waals surface area (Å²) >= 11 is 6.11. The van der Waals surface area contributed by atoms with Crippen molar-refractivity contribution in [3.8, 4) is 0 Å². The van der Waals surface area contributed by atoms with Crippen LogP contribution in [0.5, 0.6) is 0 Å². The Hall–Kier alpha value is -3.25. The Kier molecular flexibility index (Phi) is 5.50. The first-order valence-corrected chi connectivity index (χ1v) is 9.90. The molecule has 0 saturated heterocycles. The van der Waals surface area contributed by atoms with Crippen LogP contribution in [0.2, 0.25) is 5.02 Å². The summed E-state index contributed by atoms with van der Waals surface area (Å²) in [6.07, 6.45) is 3.97. The molecule has 1 aliphatic carbocycles. The second-order valence-electron chi connectivity index (χ2n) is 7.18. The standard InChI is InChI=1S/C23H19ClFN3O2/c24-16-11-18-17(19(25)12-16)8-9-20(18)28(23(30)14-5-2-1-3-6-14)21(22(26)29)15-7-4-10-27-13-15/h1-7,10-13,20-21H,8-9H2,(H2,26,29)/t20-,21+/m1/s1. The van der Waals surface area contributed by atoms with Crippen LogP contribution in [-0.2, 0) is 11.2 Å². The summed E-state index contributed by atoms with van der Waals surface area (Å²) in [6.45, 7) is 0. The minimum Gasteiger partial charge on any atom is -0.368 e. The number of hydrogen-bond donors (Lipinski definition) is 1. The van der Waals surface area contributed by atoms with E-state index in [2.05, 4.69) is 4.98 Å². The van der Waals surface area contributed by atoms with Crippen molar-refractivity contribution in [1.29, 1.82) is 0 Å². The Balaban J connectivity index is 1.88. The molecule has 2 aromatic carbocycles. The smallest absolute Gasteiger partial charge is 0.255 e. The van der Waals surface area contributed by atoms with Gasteiger partial charge >= 0.3 is 0 Å². The third-order valence-electron chi connectivity index (χ3n) is 5.36. The zero-order chi connectivity index (χ0) is 21.3. The van der Waals surface area contributed by atoms with E-state index in [1.54, 1.807) is 54.7 Å². The molecule has 0 fully saturated rings. The SMILES string of the molecule is NC(=O)[C@H](c1cccnc1)N(C(=O)c1ccccc1)[C@@H]1CCc2c(F)cc(Cl)cc21. The van der Waals surface area contributed by atoms with Gasteiger partial charge in [0, 0.05) is 28.5 Å². The van der Waals surface area contributed by atoms with Crippen molar-refractivity contribution < 1.29 is 14.0 Å². The Morgan fingerprint density at radius 1 is 1.17 bits per heavy atom. The van der Waals surface area contributed by atoms with Crippen LogP contribution in [0.4, 0.5) is 4.39 Å². The molecule has 0 unspecified atom stereocenters. The highest BCUT2D eigenvalue weighted by atomic mass is 35.5. The number of primary amides is 1. The van der Waals surface area contributed by atoms with Gasteiger partial charge in [-0.05, 0) is 54.3 Å². The predicted molar refractivity (Wildman–Crippen MR) is 111 cm³/mol. The van der Waals surface area contributed by atoms with E-state index in [1.807, 2.05) is 0 Å². The van der Waals surface area contributed by atoms with Gasteiger partial charge < -0.3 is 10.6 Å². The summed E-state index contributed by atoms with van der Waals surface area (Å²) in [4.78, 5) is 31.7. The summed E-state index contributed by atoms with van der Waals surface area (Å²) in [6, 6.07) is 13.3. The average Bonchev–Trinajstić information content (AvgIpc) is 3.16. The number of halogens is 2. The number of carbonyl (C=O) groups is 2. The monoisotopic (exact) mass is 423 g/mol. The van der Waals surface area contributed by atoms with Gasteiger partial charge in [0.25, 0.3) is 5.91 Å². The molecule has 30 heavy (non-hydrogen) atoms. The topological polar surface area (TPSA) is 76.3 Å². The number of nitrogens with zero attached hydrogens (tertiary/aromatic N) is 2. The molecule has 0 radical (unpaired) electrons. The van der Waals surface area contributed by atoms with Crippen LogP contribution in [0.1, 0.15) is 45.6 Å². The molecule has 2 amide bonds. The second kappa shape index (κ2) is 8.24. The molecule has 4 rings (SSSR count). The van der Waals surface area contributed by atoms with Gasteiger partial charge in [0.15, 0.2) is 0 Å². The lowest BCUT2D eigenvalue weighted by Crippen LogP contribution is -2.43. The van der Waals surface area contributed by atoms with Gasteiger partial charge in [-0.3, -0.25) is 14.6 Å². The Bertz CT molecular complexity index is 1090. The molecule has 152 valence electrons. The highest BCUT2D eigenvalue weighted by Gasteiger charge is 2.40. The van der Waals surface area contributed by atoms with Crippen LogP contribution in [-0.4, -0.2) is 21.7 Å². The predicted octanol–water partition coefficient (Wildman–Crippen LogP) is 4.23. The molecule has 0 bridgehead atoms. The van der Waals surface area contributed by atoms with Crippen LogP contribution in [0.15, 0.2) is 67.0 Å². The van der Waals surface area contributed by atoms with Crippen molar-refractivity contribution in [2.24, 2.45) is 5.73 Å². The van der Waals surface area contributed by atoms with E-state index in [0.717, 1.165) is 0 Å². The van der Waals surface area contributed by atoms with Crippen LogP contribution in [0, 0.1) is 5.82 Å². The van der Waals surface area contributed by atoms with Crippen LogP contribution < -0.4 is 5.73 Å². The van der Waals surface area contributed by atoms with Gasteiger partial charge in [-0.2, -0.15) is 0 Å². The summed E-state index contributed by atoms with van der Waals surface area (Å²) in [5, 5.41) is 0.238. The fraction of sp³-hybridized carbons (Fsp3) is 0.174. The van der Waals surface area contributed by atoms with Gasteiger partial charge in [-0.25, -0.2) is 4.39 Å². The molecule has 1 aliphatic rings. The summed E-state index contributed by atoms with van der Waals surface area (Å²) in [7, 11) is 0. The van der Waals surface area contributed by atoms with E-state index >= 15 is 0 Å². The second-order valence-corrected chi connectivity index (χ2v) is 7.62. The third kappa shape index (κ3) is 3.66. The van der Waals surface area contributed by atoms with Crippen molar-refractivity contribution in [2.75, 3.05) is 0 Å². The zero-order valence-electron chi connectivity index (χ0n) is 16.0. The largest absolute Gasteiger partial charge is 0.368 e. The van der Waals surface area contributed by atoms with Crippen LogP contribution in [0.25, 0.3) is 0 Å². The van der Waals surface area contributed by atoms with Gasteiger partial charge in [-0.15, -0.1) is 0 Å². The number of carbonyl (C=O) groups excluding carboxylic acids is 2.